The molecule has 0 aliphatic carbocycles. The molecule has 5 nitrogen and oxygen atoms in total. The summed E-state index contributed by atoms with van der Waals surface area (Å²) in [6, 6.07) is 5.41. The van der Waals surface area contributed by atoms with Gasteiger partial charge in [-0.25, -0.2) is 8.78 Å². The molecular weight excluding hydrogens is 306 g/mol. The van der Waals surface area contributed by atoms with Gasteiger partial charge < -0.3 is 15.1 Å². The number of carbonyl (C=O) groups is 2. The highest BCUT2D eigenvalue weighted by Crippen LogP contribution is 2.17. The molecule has 0 radical (unpaired) electrons. The number of carbonyl (C=O) groups excluding carboxylic acids is 2. The van der Waals surface area contributed by atoms with Gasteiger partial charge in [-0.2, -0.15) is 0 Å². The molecular formula is C16H16F2N2O3. The van der Waals surface area contributed by atoms with Gasteiger partial charge in [-0.05, 0) is 29.8 Å². The Labute approximate surface area is 131 Å². The fourth-order valence-electron chi connectivity index (χ4n) is 2.06. The molecule has 0 saturated carbocycles. The Kier molecular flexibility index (Phi) is 5.46. The van der Waals surface area contributed by atoms with Gasteiger partial charge in [0, 0.05) is 19.9 Å². The second-order valence-electron chi connectivity index (χ2n) is 4.87. The van der Waals surface area contributed by atoms with Crippen molar-refractivity contribution in [1.29, 1.82) is 0 Å². The predicted octanol–water partition coefficient (Wildman–Crippen LogP) is 2.09. The number of likely N-dealkylation sites (N-methyl/N-ethyl adjacent to an activating group) is 1. The molecule has 2 amide bonds. The van der Waals surface area contributed by atoms with Crippen molar-refractivity contribution in [2.75, 3.05) is 7.05 Å². The first kappa shape index (κ1) is 16.7. The van der Waals surface area contributed by atoms with Gasteiger partial charge in [0.1, 0.15) is 11.8 Å². The minimum Gasteiger partial charge on any atom is -0.469 e. The summed E-state index contributed by atoms with van der Waals surface area (Å²) in [6.07, 6.45) is 1.98. The van der Waals surface area contributed by atoms with Gasteiger partial charge in [0.2, 0.25) is 11.8 Å². The van der Waals surface area contributed by atoms with Crippen LogP contribution < -0.4 is 10.6 Å². The van der Waals surface area contributed by atoms with Crippen molar-refractivity contribution in [1.82, 2.24) is 10.6 Å². The second-order valence-corrected chi connectivity index (χ2v) is 4.87. The van der Waals surface area contributed by atoms with Crippen LogP contribution in [-0.4, -0.2) is 18.9 Å². The van der Waals surface area contributed by atoms with Crippen molar-refractivity contribution in [3.63, 3.8) is 0 Å². The maximum atomic E-state index is 13.3. The number of benzene rings is 1. The molecule has 1 heterocycles. The third-order valence-electron chi connectivity index (χ3n) is 3.27. The van der Waals surface area contributed by atoms with E-state index >= 15 is 0 Å². The first-order valence-electron chi connectivity index (χ1n) is 6.99. The zero-order valence-corrected chi connectivity index (χ0v) is 12.4. The fourth-order valence-corrected chi connectivity index (χ4v) is 2.06. The molecule has 23 heavy (non-hydrogen) atoms. The molecule has 0 saturated heterocycles. The first-order chi connectivity index (χ1) is 11.0. The predicted molar refractivity (Wildman–Crippen MR) is 78.3 cm³/mol. The highest BCUT2D eigenvalue weighted by atomic mass is 19.2. The van der Waals surface area contributed by atoms with Crippen LogP contribution in [0.15, 0.2) is 41.0 Å². The number of halogens is 2. The molecule has 1 atom stereocenters. The van der Waals surface area contributed by atoms with E-state index in [1.807, 2.05) is 0 Å². The molecule has 0 aliphatic heterocycles. The zero-order valence-electron chi connectivity index (χ0n) is 12.4. The molecule has 0 aliphatic rings. The Balaban J connectivity index is 2.07. The summed E-state index contributed by atoms with van der Waals surface area (Å²) in [5.74, 6) is -2.39. The molecule has 0 bridgehead atoms. The molecule has 7 heteroatoms. The summed E-state index contributed by atoms with van der Waals surface area (Å²) in [4.78, 5) is 23.9. The van der Waals surface area contributed by atoms with Crippen LogP contribution in [0.4, 0.5) is 8.78 Å². The van der Waals surface area contributed by atoms with Crippen molar-refractivity contribution in [3.05, 3.63) is 59.6 Å². The first-order valence-corrected chi connectivity index (χ1v) is 6.99. The molecule has 1 aromatic heterocycles. The van der Waals surface area contributed by atoms with E-state index in [0.29, 0.717) is 12.2 Å². The summed E-state index contributed by atoms with van der Waals surface area (Å²) in [5, 5.41) is 4.90. The maximum absolute atomic E-state index is 13.3. The zero-order chi connectivity index (χ0) is 16.8. The topological polar surface area (TPSA) is 71.3 Å². The number of nitrogens with one attached hydrogen (secondary N) is 2. The van der Waals surface area contributed by atoms with E-state index in [9.17, 15) is 18.4 Å². The minimum atomic E-state index is -1.10. The largest absolute Gasteiger partial charge is 0.469 e. The summed E-state index contributed by atoms with van der Waals surface area (Å²) in [7, 11) is 1.39. The van der Waals surface area contributed by atoms with Gasteiger partial charge in [0.15, 0.2) is 11.6 Å². The molecule has 0 fully saturated rings. The van der Waals surface area contributed by atoms with Gasteiger partial charge in [0.25, 0.3) is 0 Å². The Hall–Kier alpha value is -2.70. The third-order valence-corrected chi connectivity index (χ3v) is 3.27. The lowest BCUT2D eigenvalue weighted by Crippen LogP contribution is -2.39. The van der Waals surface area contributed by atoms with E-state index in [2.05, 4.69) is 10.6 Å². The normalized spacial score (nSPS) is 11.8. The Morgan fingerprint density at radius 3 is 2.61 bits per heavy atom. The summed E-state index contributed by atoms with van der Waals surface area (Å²) in [5.41, 5.74) is 0.162. The monoisotopic (exact) mass is 322 g/mol. The van der Waals surface area contributed by atoms with Crippen molar-refractivity contribution < 1.29 is 22.8 Å². The fraction of sp³-hybridized carbons (Fsp3) is 0.250. The third kappa shape index (κ3) is 4.38. The highest BCUT2D eigenvalue weighted by Gasteiger charge is 2.23. The summed E-state index contributed by atoms with van der Waals surface area (Å²) >= 11 is 0. The lowest BCUT2D eigenvalue weighted by molar-refractivity contribution is -0.128. The van der Waals surface area contributed by atoms with Crippen LogP contribution in [0.1, 0.15) is 23.8 Å². The van der Waals surface area contributed by atoms with E-state index in [1.54, 1.807) is 12.1 Å². The van der Waals surface area contributed by atoms with Crippen LogP contribution in [0.3, 0.4) is 0 Å². The van der Waals surface area contributed by atoms with Crippen molar-refractivity contribution in [2.24, 2.45) is 0 Å². The molecule has 0 spiro atoms. The number of amides is 2. The van der Waals surface area contributed by atoms with Gasteiger partial charge in [-0.3, -0.25) is 9.59 Å². The number of rotatable bonds is 6. The SMILES string of the molecule is CNC(=O)C(NC(=O)CCc1ccco1)c1ccc(F)c(F)c1. The number of furan rings is 1. The molecule has 1 unspecified atom stereocenters. The van der Waals surface area contributed by atoms with Gasteiger partial charge >= 0.3 is 0 Å². The molecule has 2 aromatic rings. The average Bonchev–Trinajstić information content (AvgIpc) is 3.06. The lowest BCUT2D eigenvalue weighted by atomic mass is 10.1. The molecule has 2 rings (SSSR count). The summed E-state index contributed by atoms with van der Waals surface area (Å²) < 4.78 is 31.5. The molecule has 1 aromatic carbocycles. The molecule has 122 valence electrons. The lowest BCUT2D eigenvalue weighted by Gasteiger charge is -2.18. The molecule has 2 N–H and O–H groups in total. The van der Waals surface area contributed by atoms with E-state index < -0.39 is 29.5 Å². The van der Waals surface area contributed by atoms with E-state index in [0.717, 1.165) is 12.1 Å². The highest BCUT2D eigenvalue weighted by molar-refractivity contribution is 5.88. The van der Waals surface area contributed by atoms with Gasteiger partial charge in [0.05, 0.1) is 6.26 Å². The van der Waals surface area contributed by atoms with E-state index in [4.69, 9.17) is 4.42 Å². The Bertz CT molecular complexity index is 687. The Morgan fingerprint density at radius 1 is 1.22 bits per heavy atom. The van der Waals surface area contributed by atoms with Crippen molar-refractivity contribution >= 4 is 11.8 Å². The van der Waals surface area contributed by atoms with Crippen LogP contribution in [-0.2, 0) is 16.0 Å². The quantitative estimate of drug-likeness (QED) is 0.855. The number of hydrogen-bond donors (Lipinski definition) is 2. The Morgan fingerprint density at radius 2 is 2.00 bits per heavy atom. The van der Waals surface area contributed by atoms with Crippen LogP contribution in [0.5, 0.6) is 0 Å². The summed E-state index contributed by atoms with van der Waals surface area (Å²) in [6.45, 7) is 0. The maximum Gasteiger partial charge on any atom is 0.246 e. The van der Waals surface area contributed by atoms with Gasteiger partial charge in [-0.1, -0.05) is 6.07 Å². The number of hydrogen-bond acceptors (Lipinski definition) is 3. The van der Waals surface area contributed by atoms with Crippen LogP contribution in [0.25, 0.3) is 0 Å². The van der Waals surface area contributed by atoms with Crippen molar-refractivity contribution in [3.8, 4) is 0 Å². The van der Waals surface area contributed by atoms with Gasteiger partial charge in [-0.15, -0.1) is 0 Å². The van der Waals surface area contributed by atoms with E-state index in [-0.39, 0.29) is 12.0 Å². The minimum absolute atomic E-state index is 0.102. The average molecular weight is 322 g/mol. The second kappa shape index (κ2) is 7.53. The smallest absolute Gasteiger partial charge is 0.246 e. The van der Waals surface area contributed by atoms with E-state index in [1.165, 1.54) is 19.4 Å². The number of aryl methyl sites for hydroxylation is 1. The van der Waals surface area contributed by atoms with Crippen LogP contribution >= 0.6 is 0 Å². The van der Waals surface area contributed by atoms with Crippen LogP contribution in [0, 0.1) is 11.6 Å². The standard InChI is InChI=1S/C16H16F2N2O3/c1-19-16(22)15(10-4-6-12(17)13(18)9-10)20-14(21)7-5-11-3-2-8-23-11/h2-4,6,8-9,15H,5,7H2,1H3,(H,19,22)(H,20,21). The van der Waals surface area contributed by atoms with Crippen molar-refractivity contribution in [2.45, 2.75) is 18.9 Å². The van der Waals surface area contributed by atoms with Crippen LogP contribution in [0.2, 0.25) is 0 Å².